The Morgan fingerprint density at radius 2 is 1.67 bits per heavy atom. The molecule has 0 spiro atoms. The van der Waals surface area contributed by atoms with E-state index in [0.717, 1.165) is 18.5 Å². The number of carboxylic acids is 2. The number of carbonyl (C=O) groups excluding carboxylic acids is 3. The molecule has 1 aromatic carbocycles. The van der Waals surface area contributed by atoms with E-state index >= 15 is 0 Å². The molecule has 11 heteroatoms. The number of benzene rings is 1. The predicted octanol–water partition coefficient (Wildman–Crippen LogP) is 0.431. The molecule has 2 rings (SSSR count). The van der Waals surface area contributed by atoms with Gasteiger partial charge in [0, 0.05) is 12.8 Å². The van der Waals surface area contributed by atoms with Crippen molar-refractivity contribution in [3.63, 3.8) is 0 Å². The van der Waals surface area contributed by atoms with Crippen LogP contribution in [0.15, 0.2) is 30.3 Å². The van der Waals surface area contributed by atoms with Crippen LogP contribution in [-0.2, 0) is 30.4 Å². The minimum Gasteiger partial charge on any atom is -0.481 e. The minimum atomic E-state index is -1.43. The number of carboxylic acid groups (broad SMARTS) is 2. The molecule has 5 atom stereocenters. The van der Waals surface area contributed by atoms with Gasteiger partial charge in [0.25, 0.3) is 0 Å². The van der Waals surface area contributed by atoms with Gasteiger partial charge in [-0.1, -0.05) is 50.6 Å². The van der Waals surface area contributed by atoms with Gasteiger partial charge in [-0.15, -0.1) is 0 Å². The van der Waals surface area contributed by atoms with Crippen molar-refractivity contribution in [2.75, 3.05) is 6.54 Å². The molecule has 1 aliphatic heterocycles. The number of hydrogen-bond acceptors (Lipinski definition) is 6. The van der Waals surface area contributed by atoms with Crippen molar-refractivity contribution < 1.29 is 34.2 Å². The highest BCUT2D eigenvalue weighted by Crippen LogP contribution is 2.12. The Kier molecular flexibility index (Phi) is 11.3. The molecule has 0 aromatic heterocycles. The maximum Gasteiger partial charge on any atom is 0.326 e. The summed E-state index contributed by atoms with van der Waals surface area (Å²) in [6.07, 6.45) is 1.47. The van der Waals surface area contributed by atoms with E-state index in [2.05, 4.69) is 21.3 Å². The summed E-state index contributed by atoms with van der Waals surface area (Å²) in [4.78, 5) is 61.6. The summed E-state index contributed by atoms with van der Waals surface area (Å²) >= 11 is 0. The standard InChI is InChI=1S/C25H36N4O7/c1-3-15(2)21(29-22(32)17-10-7-13-26-17)24(34)28-19(14-16-8-5-4-6-9-16)23(33)27-18(25(35)36)11-12-20(30)31/h4-6,8-9,15,17-19,21,26H,3,7,10-14H2,1-2H3,(H,27,33)(H,28,34)(H,29,32)(H,30,31)(H,35,36). The zero-order valence-corrected chi connectivity index (χ0v) is 20.7. The molecule has 1 heterocycles. The summed E-state index contributed by atoms with van der Waals surface area (Å²) < 4.78 is 0. The number of carbonyl (C=O) groups is 5. The summed E-state index contributed by atoms with van der Waals surface area (Å²) in [5.41, 5.74) is 0.731. The SMILES string of the molecule is CCC(C)C(NC(=O)C1CCCN1)C(=O)NC(Cc1ccccc1)C(=O)NC(CCC(=O)O)C(=O)O. The average molecular weight is 505 g/mol. The Balaban J connectivity index is 2.20. The van der Waals surface area contributed by atoms with Gasteiger partial charge in [0.05, 0.1) is 6.04 Å². The van der Waals surface area contributed by atoms with E-state index in [4.69, 9.17) is 5.11 Å². The largest absolute Gasteiger partial charge is 0.481 e. The first-order valence-electron chi connectivity index (χ1n) is 12.2. The molecule has 11 nitrogen and oxygen atoms in total. The molecular formula is C25H36N4O7. The summed E-state index contributed by atoms with van der Waals surface area (Å²) in [5, 5.41) is 29.3. The summed E-state index contributed by atoms with van der Waals surface area (Å²) in [6, 6.07) is 5.05. The molecule has 5 unspecified atom stereocenters. The first kappa shape index (κ1) is 28.8. The fourth-order valence-corrected chi connectivity index (χ4v) is 3.98. The van der Waals surface area contributed by atoms with Gasteiger partial charge >= 0.3 is 11.9 Å². The topological polar surface area (TPSA) is 174 Å². The third kappa shape index (κ3) is 8.95. The third-order valence-electron chi connectivity index (χ3n) is 6.35. The van der Waals surface area contributed by atoms with Crippen molar-refractivity contribution in [3.05, 3.63) is 35.9 Å². The van der Waals surface area contributed by atoms with E-state index in [0.29, 0.717) is 12.8 Å². The molecule has 0 radical (unpaired) electrons. The van der Waals surface area contributed by atoms with Crippen LogP contribution in [0.4, 0.5) is 0 Å². The van der Waals surface area contributed by atoms with Crippen LogP contribution in [0.2, 0.25) is 0 Å². The van der Waals surface area contributed by atoms with E-state index in [1.807, 2.05) is 13.8 Å². The van der Waals surface area contributed by atoms with Crippen molar-refractivity contribution in [3.8, 4) is 0 Å². The Labute approximate surface area is 210 Å². The maximum atomic E-state index is 13.3. The van der Waals surface area contributed by atoms with E-state index in [-0.39, 0.29) is 30.7 Å². The number of nitrogens with one attached hydrogen (secondary N) is 4. The predicted molar refractivity (Wildman–Crippen MR) is 131 cm³/mol. The monoisotopic (exact) mass is 504 g/mol. The Morgan fingerprint density at radius 1 is 1.00 bits per heavy atom. The molecule has 0 aliphatic carbocycles. The molecule has 1 fully saturated rings. The lowest BCUT2D eigenvalue weighted by molar-refractivity contribution is -0.143. The van der Waals surface area contributed by atoms with Crippen LogP contribution in [0.25, 0.3) is 0 Å². The Bertz CT molecular complexity index is 918. The van der Waals surface area contributed by atoms with E-state index in [1.165, 1.54) is 0 Å². The highest BCUT2D eigenvalue weighted by atomic mass is 16.4. The Hall–Kier alpha value is -3.47. The molecule has 6 N–H and O–H groups in total. The van der Waals surface area contributed by atoms with E-state index < -0.39 is 48.3 Å². The molecular weight excluding hydrogens is 468 g/mol. The van der Waals surface area contributed by atoms with Gasteiger partial charge in [-0.25, -0.2) is 4.79 Å². The van der Waals surface area contributed by atoms with Gasteiger partial charge in [-0.2, -0.15) is 0 Å². The number of aliphatic carboxylic acids is 2. The lowest BCUT2D eigenvalue weighted by Crippen LogP contribution is -2.59. The van der Waals surface area contributed by atoms with Crippen LogP contribution in [-0.4, -0.2) is 70.6 Å². The molecule has 0 saturated carbocycles. The van der Waals surface area contributed by atoms with Crippen molar-refractivity contribution in [1.29, 1.82) is 0 Å². The van der Waals surface area contributed by atoms with Crippen molar-refractivity contribution in [2.45, 2.75) is 76.5 Å². The fourth-order valence-electron chi connectivity index (χ4n) is 3.98. The van der Waals surface area contributed by atoms with Crippen LogP contribution < -0.4 is 21.3 Å². The second-order valence-electron chi connectivity index (χ2n) is 9.10. The molecule has 1 aliphatic rings. The van der Waals surface area contributed by atoms with Gasteiger partial charge in [0.1, 0.15) is 18.1 Å². The molecule has 3 amide bonds. The van der Waals surface area contributed by atoms with Gasteiger partial charge in [-0.05, 0) is 37.3 Å². The highest BCUT2D eigenvalue weighted by molar-refractivity contribution is 5.94. The normalized spacial score (nSPS) is 18.3. The molecule has 36 heavy (non-hydrogen) atoms. The Morgan fingerprint density at radius 3 is 2.22 bits per heavy atom. The van der Waals surface area contributed by atoms with Crippen molar-refractivity contribution in [2.24, 2.45) is 5.92 Å². The third-order valence-corrected chi connectivity index (χ3v) is 6.35. The second-order valence-corrected chi connectivity index (χ2v) is 9.10. The zero-order chi connectivity index (χ0) is 26.7. The first-order chi connectivity index (χ1) is 17.1. The summed E-state index contributed by atoms with van der Waals surface area (Å²) in [5.74, 6) is -4.37. The van der Waals surface area contributed by atoms with Crippen molar-refractivity contribution >= 4 is 29.7 Å². The first-order valence-corrected chi connectivity index (χ1v) is 12.2. The summed E-state index contributed by atoms with van der Waals surface area (Å²) in [6.45, 7) is 4.44. The molecule has 1 aromatic rings. The fraction of sp³-hybridized carbons (Fsp3) is 0.560. The minimum absolute atomic E-state index is 0.0784. The summed E-state index contributed by atoms with van der Waals surface area (Å²) in [7, 11) is 0. The van der Waals surface area contributed by atoms with Crippen LogP contribution >= 0.6 is 0 Å². The molecule has 198 valence electrons. The molecule has 0 bridgehead atoms. The lowest BCUT2D eigenvalue weighted by Gasteiger charge is -2.28. The number of amides is 3. The van der Waals surface area contributed by atoms with Crippen LogP contribution in [0.5, 0.6) is 0 Å². The maximum absolute atomic E-state index is 13.3. The van der Waals surface area contributed by atoms with Gasteiger partial charge < -0.3 is 31.5 Å². The van der Waals surface area contributed by atoms with Crippen LogP contribution in [0.3, 0.4) is 0 Å². The smallest absolute Gasteiger partial charge is 0.326 e. The van der Waals surface area contributed by atoms with Gasteiger partial charge in [0.2, 0.25) is 17.7 Å². The number of rotatable bonds is 14. The van der Waals surface area contributed by atoms with Crippen molar-refractivity contribution in [1.82, 2.24) is 21.3 Å². The van der Waals surface area contributed by atoms with Crippen LogP contribution in [0.1, 0.15) is 51.5 Å². The second kappa shape index (κ2) is 14.2. The molecule has 1 saturated heterocycles. The van der Waals surface area contributed by atoms with Gasteiger partial charge in [0.15, 0.2) is 0 Å². The zero-order valence-electron chi connectivity index (χ0n) is 20.7. The van der Waals surface area contributed by atoms with Gasteiger partial charge in [-0.3, -0.25) is 19.2 Å². The quantitative estimate of drug-likeness (QED) is 0.211. The lowest BCUT2D eigenvalue weighted by atomic mass is 9.96. The average Bonchev–Trinajstić information content (AvgIpc) is 3.39. The van der Waals surface area contributed by atoms with Crippen LogP contribution in [0, 0.1) is 5.92 Å². The van der Waals surface area contributed by atoms with E-state index in [1.54, 1.807) is 30.3 Å². The van der Waals surface area contributed by atoms with E-state index in [9.17, 15) is 29.1 Å². The number of hydrogen-bond donors (Lipinski definition) is 6. The highest BCUT2D eigenvalue weighted by Gasteiger charge is 2.33.